The third kappa shape index (κ3) is 1.92. The fourth-order valence-corrected chi connectivity index (χ4v) is 5.07. The predicted molar refractivity (Wildman–Crippen MR) is 80.7 cm³/mol. The van der Waals surface area contributed by atoms with Gasteiger partial charge in [0.2, 0.25) is 0 Å². The molecule has 0 aliphatic carbocycles. The minimum Gasteiger partial charge on any atom is -0.422 e. The number of benzene rings is 2. The number of halogens is 3. The highest BCUT2D eigenvalue weighted by Gasteiger charge is 2.55. The summed E-state index contributed by atoms with van der Waals surface area (Å²) in [5.41, 5.74) is -1.28. The van der Waals surface area contributed by atoms with Gasteiger partial charge in [-0.25, -0.2) is 13.2 Å². The van der Waals surface area contributed by atoms with Gasteiger partial charge >= 0.3 is 11.8 Å². The first kappa shape index (κ1) is 15.2. The number of alkyl halides is 3. The Kier molecular flexibility index (Phi) is 2.91. The maximum atomic E-state index is 13.2. The molecule has 8 heteroatoms. The third-order valence-corrected chi connectivity index (χ3v) is 6.43. The van der Waals surface area contributed by atoms with Gasteiger partial charge in [-0.1, -0.05) is 30.3 Å². The molecule has 1 aromatic heterocycles. The molecule has 2 aromatic carbocycles. The van der Waals surface area contributed by atoms with Crippen molar-refractivity contribution in [2.45, 2.75) is 22.7 Å². The molecule has 3 aromatic rings. The van der Waals surface area contributed by atoms with Gasteiger partial charge in [0.05, 0.1) is 0 Å². The third-order valence-electron chi connectivity index (χ3n) is 4.27. The highest BCUT2D eigenvalue weighted by Crippen LogP contribution is 2.42. The van der Waals surface area contributed by atoms with E-state index in [1.807, 2.05) is 0 Å². The lowest BCUT2D eigenvalue weighted by molar-refractivity contribution is -0.129. The molecule has 4 nitrogen and oxygen atoms in total. The number of sulfone groups is 1. The molecule has 1 atom stereocenters. The summed E-state index contributed by atoms with van der Waals surface area (Å²) in [7, 11) is -4.83. The van der Waals surface area contributed by atoms with Crippen LogP contribution < -0.4 is 5.63 Å². The predicted octanol–water partition coefficient (Wildman–Crippen LogP) is 3.21. The molecule has 1 aliphatic heterocycles. The van der Waals surface area contributed by atoms with Gasteiger partial charge in [-0.15, -0.1) is 0 Å². The van der Waals surface area contributed by atoms with Crippen LogP contribution in [0.3, 0.4) is 0 Å². The van der Waals surface area contributed by atoms with E-state index in [1.54, 1.807) is 30.3 Å². The Balaban J connectivity index is 2.20. The van der Waals surface area contributed by atoms with Crippen molar-refractivity contribution in [2.24, 2.45) is 0 Å². The Morgan fingerprint density at radius 2 is 1.79 bits per heavy atom. The van der Waals surface area contributed by atoms with Gasteiger partial charge < -0.3 is 4.42 Å². The number of hydrogen-bond donors (Lipinski definition) is 0. The van der Waals surface area contributed by atoms with Gasteiger partial charge in [0.1, 0.15) is 5.58 Å². The van der Waals surface area contributed by atoms with E-state index in [-0.39, 0.29) is 16.5 Å². The summed E-state index contributed by atoms with van der Waals surface area (Å²) in [5.74, 6) is 0. The van der Waals surface area contributed by atoms with Crippen LogP contribution in [-0.2, 0) is 16.3 Å². The summed E-state index contributed by atoms with van der Waals surface area (Å²) in [4.78, 5) is 11.2. The second-order valence-electron chi connectivity index (χ2n) is 5.64. The van der Waals surface area contributed by atoms with Crippen LogP contribution in [0.25, 0.3) is 21.7 Å². The maximum absolute atomic E-state index is 13.2. The highest BCUT2D eigenvalue weighted by atomic mass is 32.2. The molecule has 0 spiro atoms. The molecule has 2 heterocycles. The Hall–Kier alpha value is -2.35. The second kappa shape index (κ2) is 4.60. The highest BCUT2D eigenvalue weighted by molar-refractivity contribution is 7.92. The van der Waals surface area contributed by atoms with E-state index in [2.05, 4.69) is 0 Å². The Labute approximate surface area is 133 Å². The van der Waals surface area contributed by atoms with Crippen molar-refractivity contribution in [3.05, 3.63) is 52.4 Å². The zero-order valence-corrected chi connectivity index (χ0v) is 12.7. The van der Waals surface area contributed by atoms with Gasteiger partial charge in [-0.05, 0) is 22.4 Å². The summed E-state index contributed by atoms with van der Waals surface area (Å²) in [6, 6.07) is 9.97. The first-order valence-electron chi connectivity index (χ1n) is 6.99. The van der Waals surface area contributed by atoms with Crippen LogP contribution in [0.5, 0.6) is 0 Å². The first-order chi connectivity index (χ1) is 11.2. The van der Waals surface area contributed by atoms with Gasteiger partial charge in [0.25, 0.3) is 0 Å². The molecule has 0 amide bonds. The average Bonchev–Trinajstić information content (AvgIpc) is 2.79. The van der Waals surface area contributed by atoms with E-state index in [1.165, 1.54) is 6.07 Å². The molecular weight excluding hydrogens is 345 g/mol. The Morgan fingerprint density at radius 1 is 1.08 bits per heavy atom. The molecule has 0 saturated heterocycles. The molecular formula is C16H9F3O4S. The molecule has 0 fully saturated rings. The maximum Gasteiger partial charge on any atom is 0.406 e. The van der Waals surface area contributed by atoms with E-state index in [4.69, 9.17) is 4.42 Å². The largest absolute Gasteiger partial charge is 0.422 e. The zero-order valence-electron chi connectivity index (χ0n) is 11.9. The SMILES string of the molecule is O=c1oc2ccc3ccccc3c2c2c1S(=O)(=O)C(C(F)(F)F)C2. The quantitative estimate of drug-likeness (QED) is 0.459. The van der Waals surface area contributed by atoms with E-state index in [0.717, 1.165) is 0 Å². The van der Waals surface area contributed by atoms with E-state index < -0.39 is 38.2 Å². The topological polar surface area (TPSA) is 64.3 Å². The number of rotatable bonds is 0. The zero-order chi connectivity index (χ0) is 17.3. The van der Waals surface area contributed by atoms with Crippen LogP contribution >= 0.6 is 0 Å². The minimum atomic E-state index is -4.96. The van der Waals surface area contributed by atoms with Gasteiger partial charge in [0.15, 0.2) is 20.0 Å². The molecule has 124 valence electrons. The molecule has 1 unspecified atom stereocenters. The summed E-state index contributed by atoms with van der Waals surface area (Å²) in [6.45, 7) is 0. The fourth-order valence-electron chi connectivity index (χ4n) is 3.24. The summed E-state index contributed by atoms with van der Waals surface area (Å²) < 4.78 is 69.0. The van der Waals surface area contributed by atoms with Crippen molar-refractivity contribution < 1.29 is 26.0 Å². The Morgan fingerprint density at radius 3 is 2.50 bits per heavy atom. The van der Waals surface area contributed by atoms with Gasteiger partial charge in [-0.3, -0.25) is 0 Å². The van der Waals surface area contributed by atoms with Crippen LogP contribution in [0, 0.1) is 0 Å². The van der Waals surface area contributed by atoms with E-state index in [0.29, 0.717) is 10.8 Å². The van der Waals surface area contributed by atoms with Crippen LogP contribution in [0.15, 0.2) is 50.5 Å². The van der Waals surface area contributed by atoms with Gasteiger partial charge in [0, 0.05) is 11.8 Å². The van der Waals surface area contributed by atoms with Crippen LogP contribution in [0.1, 0.15) is 5.56 Å². The summed E-state index contributed by atoms with van der Waals surface area (Å²) in [6.07, 6.45) is -5.74. The Bertz CT molecular complexity index is 1160. The van der Waals surface area contributed by atoms with E-state index >= 15 is 0 Å². The smallest absolute Gasteiger partial charge is 0.406 e. The first-order valence-corrected chi connectivity index (χ1v) is 8.54. The average molecular weight is 354 g/mol. The van der Waals surface area contributed by atoms with Crippen LogP contribution in [-0.4, -0.2) is 19.8 Å². The lowest BCUT2D eigenvalue weighted by Gasteiger charge is -2.12. The summed E-state index contributed by atoms with van der Waals surface area (Å²) >= 11 is 0. The molecule has 0 saturated carbocycles. The van der Waals surface area contributed by atoms with Crippen molar-refractivity contribution in [2.75, 3.05) is 0 Å². The number of hydrogen-bond acceptors (Lipinski definition) is 4. The number of fused-ring (bicyclic) bond motifs is 5. The van der Waals surface area contributed by atoms with Crippen molar-refractivity contribution in [1.82, 2.24) is 0 Å². The molecule has 1 aliphatic rings. The normalized spacial score (nSPS) is 19.7. The minimum absolute atomic E-state index is 0.0791. The fraction of sp³-hybridized carbons (Fsp3) is 0.188. The second-order valence-corrected chi connectivity index (χ2v) is 7.70. The molecule has 24 heavy (non-hydrogen) atoms. The lowest BCUT2D eigenvalue weighted by Crippen LogP contribution is -2.35. The van der Waals surface area contributed by atoms with Crippen molar-refractivity contribution in [1.29, 1.82) is 0 Å². The van der Waals surface area contributed by atoms with Crippen molar-refractivity contribution in [3.63, 3.8) is 0 Å². The molecule has 0 N–H and O–H groups in total. The monoisotopic (exact) mass is 354 g/mol. The van der Waals surface area contributed by atoms with Crippen LogP contribution in [0.4, 0.5) is 13.2 Å². The summed E-state index contributed by atoms with van der Waals surface area (Å²) in [5, 5.41) is -1.10. The van der Waals surface area contributed by atoms with Crippen molar-refractivity contribution >= 4 is 31.6 Å². The van der Waals surface area contributed by atoms with Crippen LogP contribution in [0.2, 0.25) is 0 Å². The lowest BCUT2D eigenvalue weighted by atomic mass is 9.99. The standard InChI is InChI=1S/C16H9F3O4S/c17-16(18,19)12-7-10-13-9-4-2-1-3-8(9)5-6-11(13)23-15(20)14(10)24(12,21)22/h1-6,12H,7H2. The van der Waals surface area contributed by atoms with Gasteiger partial charge in [-0.2, -0.15) is 13.2 Å². The molecule has 0 radical (unpaired) electrons. The van der Waals surface area contributed by atoms with Crippen molar-refractivity contribution in [3.8, 4) is 0 Å². The van der Waals surface area contributed by atoms with E-state index in [9.17, 15) is 26.4 Å². The molecule has 0 bridgehead atoms. The molecule has 4 rings (SSSR count).